The maximum absolute atomic E-state index is 14.2. The number of unbranched alkanes of at least 4 members (excludes halogenated alkanes) is 9. The number of esters is 2. The third kappa shape index (κ3) is 26.0. The van der Waals surface area contributed by atoms with Crippen LogP contribution in [0.4, 0.5) is 4.79 Å². The molecule has 1 aliphatic carbocycles. The van der Waals surface area contributed by atoms with E-state index in [1.165, 1.54) is 72.8 Å². The van der Waals surface area contributed by atoms with Gasteiger partial charge >= 0.3 is 28.4 Å². The molecular weight excluding hydrogens is 1190 g/mol. The predicted octanol–water partition coefficient (Wildman–Crippen LogP) is 8.97. The second kappa shape index (κ2) is 39.1. The monoisotopic (exact) mass is 1300 g/mol. The Morgan fingerprint density at radius 1 is 0.807 bits per heavy atom. The normalized spacial score (nSPS) is 36.1. The number of alkyl halides is 1. The molecule has 0 aromatic heterocycles. The van der Waals surface area contributed by atoms with Crippen molar-refractivity contribution in [3.63, 3.8) is 0 Å². The number of nitrogens with one attached hydrogen (secondary N) is 1. The summed E-state index contributed by atoms with van der Waals surface area (Å²) in [5.74, 6) is -4.65. The van der Waals surface area contributed by atoms with Gasteiger partial charge in [-0.2, -0.15) is 13.4 Å². The second-order valence-electron chi connectivity index (χ2n) is 26.0. The fraction of sp³-hybridized carbons (Fsp3) is 0.935. The second-order valence-corrected chi connectivity index (χ2v) is 27.5. The molecule has 4 fully saturated rings. The van der Waals surface area contributed by atoms with Gasteiger partial charge in [-0.25, -0.2) is 8.98 Å². The number of aliphatic hydroxyl groups is 4. The molecule has 3 heterocycles. The molecule has 3 aliphatic heterocycles. The lowest BCUT2D eigenvalue weighted by atomic mass is 9.74. The molecule has 1 saturated carbocycles. The minimum absolute atomic E-state index is 0.0760. The first-order valence-corrected chi connectivity index (χ1v) is 34.2. The van der Waals surface area contributed by atoms with Gasteiger partial charge in [0.15, 0.2) is 18.7 Å². The van der Waals surface area contributed by atoms with Gasteiger partial charge in [0.1, 0.15) is 23.6 Å². The molecule has 6 N–H and O–H groups in total. The first-order valence-electron chi connectivity index (χ1n) is 32.3. The lowest BCUT2D eigenvalue weighted by Gasteiger charge is -2.49. The zero-order valence-electron chi connectivity index (χ0n) is 55.9. The maximum atomic E-state index is 14.2. The first kappa shape index (κ1) is 81.3. The molecule has 516 valence electrons. The largest absolute Gasteiger partial charge is 0.459 e. The number of cyclic esters (lactones) is 1. The van der Waals surface area contributed by atoms with Gasteiger partial charge in [-0.1, -0.05) is 106 Å². The van der Waals surface area contributed by atoms with Crippen LogP contribution in [0.25, 0.3) is 0 Å². The predicted molar refractivity (Wildman–Crippen MR) is 333 cm³/mol. The van der Waals surface area contributed by atoms with E-state index in [9.17, 15) is 52.9 Å². The third-order valence-electron chi connectivity index (χ3n) is 18.1. The van der Waals surface area contributed by atoms with Crippen LogP contribution in [0.3, 0.4) is 0 Å². The van der Waals surface area contributed by atoms with Crippen LogP contribution in [0.1, 0.15) is 212 Å². The molecule has 0 aromatic rings. The summed E-state index contributed by atoms with van der Waals surface area (Å²) in [6.45, 7) is 22.7. The van der Waals surface area contributed by atoms with Crippen LogP contribution in [0.15, 0.2) is 5.29 Å². The highest BCUT2D eigenvalue weighted by molar-refractivity contribution is 7.80. The van der Waals surface area contributed by atoms with Crippen LogP contribution in [-0.2, 0) is 62.1 Å². The van der Waals surface area contributed by atoms with Gasteiger partial charge in [0, 0.05) is 49.6 Å². The van der Waals surface area contributed by atoms with E-state index in [1.54, 1.807) is 48.5 Å². The summed E-state index contributed by atoms with van der Waals surface area (Å²) < 4.78 is 76.6. The molecule has 4 aliphatic rings. The molecule has 0 spiro atoms. The number of likely N-dealkylation sites (N-methyl/N-ethyl adjacent to an activating group) is 1. The average molecular weight is 1300 g/mol. The van der Waals surface area contributed by atoms with Crippen molar-refractivity contribution >= 4 is 45.8 Å². The van der Waals surface area contributed by atoms with E-state index >= 15 is 0 Å². The molecule has 26 heteroatoms. The number of rotatable bonds is 25. The summed E-state index contributed by atoms with van der Waals surface area (Å²) in [6.07, 6.45) is 6.36. The number of hydrogen-bond acceptors (Lipinski definition) is 21. The molecule has 18 unspecified atom stereocenters. The lowest BCUT2D eigenvalue weighted by Crippen LogP contribution is -2.61. The number of nitrogens with zero attached hydrogens (tertiary/aromatic N) is 3. The minimum atomic E-state index is -4.23. The molecule has 24 nitrogen and oxygen atoms in total. The quantitative estimate of drug-likeness (QED) is 0.0124. The van der Waals surface area contributed by atoms with Crippen molar-refractivity contribution < 1.29 is 89.9 Å². The number of nitroso groups, excluding NO2 is 1. The Hall–Kier alpha value is -2.76. The number of urea groups is 1. The van der Waals surface area contributed by atoms with Gasteiger partial charge in [-0.15, -0.1) is 16.5 Å². The van der Waals surface area contributed by atoms with E-state index in [0.29, 0.717) is 12.8 Å². The zero-order valence-corrected chi connectivity index (χ0v) is 57.4. The molecule has 4 rings (SSSR count). The number of ether oxygens (including phenoxy) is 7. The Labute approximate surface area is 531 Å². The number of aliphatic hydroxyl groups excluding tert-OH is 2. The van der Waals surface area contributed by atoms with E-state index in [4.69, 9.17) is 49.3 Å². The summed E-state index contributed by atoms with van der Waals surface area (Å²) in [7, 11) is 0.973. The minimum Gasteiger partial charge on any atom is -0.459 e. The summed E-state index contributed by atoms with van der Waals surface area (Å²) >= 11 is 5.46. The topological polar surface area (TPSA) is 325 Å². The van der Waals surface area contributed by atoms with E-state index in [1.807, 2.05) is 25.9 Å². The number of ketones is 1. The number of carbonyl (C=O) groups is 4. The summed E-state index contributed by atoms with van der Waals surface area (Å²) in [4.78, 5) is 64.8. The van der Waals surface area contributed by atoms with Crippen molar-refractivity contribution in [1.29, 1.82) is 0 Å². The third-order valence-corrected chi connectivity index (χ3v) is 18.7. The molecule has 18 atom stereocenters. The van der Waals surface area contributed by atoms with Crippen LogP contribution in [0.2, 0.25) is 0 Å². The summed E-state index contributed by atoms with van der Waals surface area (Å²) in [5, 5.41) is 52.9. The van der Waals surface area contributed by atoms with E-state index in [-0.39, 0.29) is 62.9 Å². The summed E-state index contributed by atoms with van der Waals surface area (Å²) in [6, 6.07) is -0.584. The highest BCUT2D eigenvalue weighted by Crippen LogP contribution is 2.41. The van der Waals surface area contributed by atoms with Crippen molar-refractivity contribution in [1.82, 2.24) is 15.2 Å². The van der Waals surface area contributed by atoms with Crippen molar-refractivity contribution in [3.8, 4) is 0 Å². The molecule has 0 aromatic carbocycles. The number of carbonyl (C=O) groups excluding carboxylic acids is 4. The maximum Gasteiger partial charge on any atom is 0.397 e. The van der Waals surface area contributed by atoms with Crippen LogP contribution < -0.4 is 5.32 Å². The van der Waals surface area contributed by atoms with Gasteiger partial charge < -0.3 is 63.8 Å². The molecule has 0 radical (unpaired) electrons. The van der Waals surface area contributed by atoms with Gasteiger partial charge in [0.2, 0.25) is 0 Å². The number of halogens is 1. The van der Waals surface area contributed by atoms with Gasteiger partial charge in [0.05, 0.1) is 72.1 Å². The Morgan fingerprint density at radius 3 is 1.90 bits per heavy atom. The van der Waals surface area contributed by atoms with Gasteiger partial charge in [-0.3, -0.25) is 18.9 Å². The van der Waals surface area contributed by atoms with E-state index < -0.39 is 130 Å². The first-order chi connectivity index (χ1) is 41.1. The van der Waals surface area contributed by atoms with E-state index in [0.717, 1.165) is 49.5 Å². The SMILES string of the molecule is CC1CCC(NC(=O)N(CCCl)N=O)CC1.CCC(=O)OC1C(OC2C(C)C(OC3CC(C)(OC)C(O)C(C)O3)C(C)C(=O)OC(CC)C(C)(O)C(O)C(C)C(=O)C(C)CC2(C)O)OC(C)CC1N(C)C.CCCCCCCCCCCCOS(=O)(=O)O. The Balaban J connectivity index is 0.000000645. The fourth-order valence-corrected chi connectivity index (χ4v) is 12.9. The van der Waals surface area contributed by atoms with Crippen LogP contribution in [0, 0.1) is 34.5 Å². The molecule has 0 bridgehead atoms. The highest BCUT2D eigenvalue weighted by Gasteiger charge is 2.54. The van der Waals surface area contributed by atoms with Crippen molar-refractivity contribution in [2.45, 2.75) is 302 Å². The number of hydrogen-bond donors (Lipinski definition) is 6. The van der Waals surface area contributed by atoms with Crippen LogP contribution >= 0.6 is 11.6 Å². The zero-order chi connectivity index (χ0) is 66.9. The van der Waals surface area contributed by atoms with Gasteiger partial charge in [-0.05, 0) is 113 Å². The number of amides is 2. The van der Waals surface area contributed by atoms with E-state index in [2.05, 4.69) is 28.6 Å². The van der Waals surface area contributed by atoms with Crippen molar-refractivity contribution in [2.75, 3.05) is 40.2 Å². The summed E-state index contributed by atoms with van der Waals surface area (Å²) in [5.41, 5.74) is -4.92. The Morgan fingerprint density at radius 2 is 1.39 bits per heavy atom. The fourth-order valence-electron chi connectivity index (χ4n) is 12.4. The molecule has 3 saturated heterocycles. The highest BCUT2D eigenvalue weighted by atomic mass is 35.5. The Bertz CT molecular complexity index is 2180. The number of Topliss-reactive ketones (excluding diaryl/α,β-unsaturated/α-hetero) is 1. The molecule has 88 heavy (non-hydrogen) atoms. The lowest BCUT2D eigenvalue weighted by molar-refractivity contribution is -0.319. The Kier molecular flexibility index (Phi) is 36.1. The van der Waals surface area contributed by atoms with Crippen molar-refractivity contribution in [2.24, 2.45) is 34.9 Å². The number of methoxy groups -OCH3 is 1. The molecule has 2 amide bonds. The van der Waals surface area contributed by atoms with Crippen molar-refractivity contribution in [3.05, 3.63) is 4.91 Å². The standard InChI is InChI=1S/C40H71NO14.C12H26O4S.C10H18ClN3O2/c1-15-27-40(11,48)33(44)22(5)30(43)20(3)18-38(9,47)35(55-37-32(53-28(42)16-2)26(41(12)13)17-21(4)50-37)23(6)31(24(7)36(46)52-27)54-29-19-39(10,49-14)34(45)25(8)51-29;1-2-3-4-5-6-7-8-9-10-11-12-16-17(13,14)15;1-8-2-4-9(5-3-8)12-10(15)14(13-16)7-6-11/h20-27,29,31-35,37,44-45,47-48H,15-19H2,1-14H3;2-12H2,1H3,(H,13,14,15);8-9H,2-7H2,1H3,(H,12,15). The van der Waals surface area contributed by atoms with Gasteiger partial charge in [0.25, 0.3) is 0 Å². The molecular formula is C62H115ClN4O20S. The van der Waals surface area contributed by atoms with Crippen LogP contribution in [0.5, 0.6) is 0 Å². The smallest absolute Gasteiger partial charge is 0.397 e. The van der Waals surface area contributed by atoms with Crippen LogP contribution in [-0.4, -0.2) is 198 Å². The average Bonchev–Trinajstić information content (AvgIpc) is 2.67.